The van der Waals surface area contributed by atoms with Gasteiger partial charge in [0.05, 0.1) is 6.10 Å². The summed E-state index contributed by atoms with van der Waals surface area (Å²) in [4.78, 5) is 20.3. The molecule has 0 amide bonds. The molecule has 3 aliphatic rings. The first kappa shape index (κ1) is 20.5. The number of nitrogens with two attached hydrogens (primary N) is 4. The van der Waals surface area contributed by atoms with Crippen molar-refractivity contribution in [2.45, 2.75) is 56.0 Å². The highest BCUT2D eigenvalue weighted by molar-refractivity contribution is 5.48. The van der Waals surface area contributed by atoms with Crippen molar-refractivity contribution < 1.29 is 5.11 Å². The fourth-order valence-electron chi connectivity index (χ4n) is 4.59. The van der Waals surface area contributed by atoms with E-state index in [4.69, 9.17) is 37.9 Å². The largest absolute Gasteiger partial charge is 0.391 e. The van der Waals surface area contributed by atoms with Crippen molar-refractivity contribution in [3.63, 3.8) is 0 Å². The standard InChI is InChI=1S/C18H34N10O/c19-11-4-12(20)7-27(6-11)17-23-16(26-3-1-2-15(29)10-26)24-18(25-17)28-8-13(21)5-14(22)9-28/h11-15,29H,1-10,19-22H2. The van der Waals surface area contributed by atoms with Gasteiger partial charge >= 0.3 is 0 Å². The lowest BCUT2D eigenvalue weighted by Gasteiger charge is -2.38. The SMILES string of the molecule is NC1CC(N)CN(c2nc(N3CC(N)CC(N)C3)nc(N3CCCC(O)C3)n2)C1. The maximum Gasteiger partial charge on any atom is 0.232 e. The second-order valence-electron chi connectivity index (χ2n) is 8.80. The third-order valence-corrected chi connectivity index (χ3v) is 5.88. The van der Waals surface area contributed by atoms with Crippen molar-refractivity contribution >= 4 is 17.8 Å². The molecule has 0 bridgehead atoms. The summed E-state index contributed by atoms with van der Waals surface area (Å²) in [7, 11) is 0. The van der Waals surface area contributed by atoms with Crippen molar-refractivity contribution in [1.29, 1.82) is 0 Å². The van der Waals surface area contributed by atoms with E-state index in [1.165, 1.54) is 0 Å². The van der Waals surface area contributed by atoms with E-state index >= 15 is 0 Å². The lowest BCUT2D eigenvalue weighted by molar-refractivity contribution is 0.153. The molecule has 5 unspecified atom stereocenters. The molecule has 4 heterocycles. The van der Waals surface area contributed by atoms with E-state index in [2.05, 4.69) is 0 Å². The highest BCUT2D eigenvalue weighted by Gasteiger charge is 2.30. The van der Waals surface area contributed by atoms with Crippen molar-refractivity contribution in [3.8, 4) is 0 Å². The van der Waals surface area contributed by atoms with E-state index in [1.807, 2.05) is 14.7 Å². The second kappa shape index (κ2) is 8.52. The van der Waals surface area contributed by atoms with Crippen LogP contribution in [-0.2, 0) is 0 Å². The summed E-state index contributed by atoms with van der Waals surface area (Å²) in [5, 5.41) is 10.1. The fraction of sp³-hybridized carbons (Fsp3) is 0.833. The molecule has 0 aliphatic carbocycles. The van der Waals surface area contributed by atoms with Crippen LogP contribution in [0.25, 0.3) is 0 Å². The number of aliphatic hydroxyl groups excluding tert-OH is 1. The zero-order valence-electron chi connectivity index (χ0n) is 16.9. The van der Waals surface area contributed by atoms with Crippen LogP contribution in [0.1, 0.15) is 25.7 Å². The van der Waals surface area contributed by atoms with Gasteiger partial charge in [-0.2, -0.15) is 15.0 Å². The molecular formula is C18H34N10O. The Bertz CT molecular complexity index is 641. The van der Waals surface area contributed by atoms with Crippen LogP contribution in [0.15, 0.2) is 0 Å². The van der Waals surface area contributed by atoms with E-state index in [0.29, 0.717) is 50.6 Å². The summed E-state index contributed by atoms with van der Waals surface area (Å²) in [6.45, 7) is 3.92. The Morgan fingerprint density at radius 3 is 1.48 bits per heavy atom. The molecule has 5 atom stereocenters. The average molecular weight is 407 g/mol. The van der Waals surface area contributed by atoms with Crippen molar-refractivity contribution in [3.05, 3.63) is 0 Å². The van der Waals surface area contributed by atoms with Crippen molar-refractivity contribution in [2.75, 3.05) is 54.0 Å². The van der Waals surface area contributed by atoms with Gasteiger partial charge in [-0.1, -0.05) is 0 Å². The smallest absolute Gasteiger partial charge is 0.232 e. The summed E-state index contributed by atoms with van der Waals surface area (Å²) in [5.74, 6) is 1.72. The number of hydrogen-bond donors (Lipinski definition) is 5. The predicted molar refractivity (Wildman–Crippen MR) is 113 cm³/mol. The molecule has 3 fully saturated rings. The minimum absolute atomic E-state index is 0.0175. The van der Waals surface area contributed by atoms with Crippen molar-refractivity contribution in [2.24, 2.45) is 22.9 Å². The molecule has 11 nitrogen and oxygen atoms in total. The van der Waals surface area contributed by atoms with Crippen LogP contribution in [0.3, 0.4) is 0 Å². The average Bonchev–Trinajstić information content (AvgIpc) is 2.66. The van der Waals surface area contributed by atoms with Gasteiger partial charge in [0.2, 0.25) is 17.8 Å². The third-order valence-electron chi connectivity index (χ3n) is 5.88. The Hall–Kier alpha value is -1.79. The van der Waals surface area contributed by atoms with Crippen molar-refractivity contribution in [1.82, 2.24) is 15.0 Å². The molecule has 162 valence electrons. The van der Waals surface area contributed by atoms with Crippen LogP contribution in [-0.4, -0.2) is 89.6 Å². The monoisotopic (exact) mass is 406 g/mol. The van der Waals surface area contributed by atoms with E-state index in [0.717, 1.165) is 32.2 Å². The molecule has 11 heteroatoms. The number of nitrogens with zero attached hydrogens (tertiary/aromatic N) is 6. The lowest BCUT2D eigenvalue weighted by Crippen LogP contribution is -2.54. The zero-order valence-corrected chi connectivity index (χ0v) is 16.9. The second-order valence-corrected chi connectivity index (χ2v) is 8.80. The zero-order chi connectivity index (χ0) is 20.5. The Balaban J connectivity index is 1.67. The summed E-state index contributed by atoms with van der Waals surface area (Å²) in [6.07, 6.45) is 2.90. The van der Waals surface area contributed by atoms with Gasteiger partial charge in [-0.3, -0.25) is 0 Å². The molecule has 1 aromatic rings. The van der Waals surface area contributed by atoms with Crippen LogP contribution in [0.5, 0.6) is 0 Å². The quantitative estimate of drug-likeness (QED) is 0.361. The Morgan fingerprint density at radius 2 is 1.07 bits per heavy atom. The number of hydrogen-bond acceptors (Lipinski definition) is 11. The molecule has 3 saturated heterocycles. The number of aliphatic hydroxyl groups is 1. The van der Waals surface area contributed by atoms with Crippen LogP contribution in [0.2, 0.25) is 0 Å². The van der Waals surface area contributed by atoms with E-state index in [9.17, 15) is 5.11 Å². The van der Waals surface area contributed by atoms with Crippen LogP contribution in [0, 0.1) is 0 Å². The Kier molecular flexibility index (Phi) is 6.02. The van der Waals surface area contributed by atoms with E-state index < -0.39 is 0 Å². The van der Waals surface area contributed by atoms with Crippen LogP contribution < -0.4 is 37.6 Å². The Labute approximate surface area is 171 Å². The van der Waals surface area contributed by atoms with Gasteiger partial charge in [-0.15, -0.1) is 0 Å². The maximum atomic E-state index is 10.1. The predicted octanol–water partition coefficient (Wildman–Crippen LogP) is -2.44. The molecule has 1 aromatic heterocycles. The number of piperidine rings is 3. The summed E-state index contributed by atoms with van der Waals surface area (Å²) in [6, 6.07) is -0.0702. The summed E-state index contributed by atoms with van der Waals surface area (Å²) < 4.78 is 0. The number of β-amino-alcohol motifs (C(OH)–C–C–N with tert-alkyl or cyclic N) is 1. The Morgan fingerprint density at radius 1 is 0.655 bits per heavy atom. The molecule has 0 aromatic carbocycles. The minimum atomic E-state index is -0.374. The maximum absolute atomic E-state index is 10.1. The topological polar surface area (TPSA) is 173 Å². The molecular weight excluding hydrogens is 372 g/mol. The molecule has 29 heavy (non-hydrogen) atoms. The first-order chi connectivity index (χ1) is 13.9. The number of rotatable bonds is 3. The van der Waals surface area contributed by atoms with Gasteiger partial charge < -0.3 is 42.7 Å². The van der Waals surface area contributed by atoms with Gasteiger partial charge in [0, 0.05) is 63.4 Å². The van der Waals surface area contributed by atoms with E-state index in [-0.39, 0.29) is 30.3 Å². The third kappa shape index (κ3) is 4.86. The molecule has 9 N–H and O–H groups in total. The normalized spacial score (nSPS) is 33.8. The first-order valence-corrected chi connectivity index (χ1v) is 10.6. The van der Waals surface area contributed by atoms with Gasteiger partial charge in [0.25, 0.3) is 0 Å². The fourth-order valence-corrected chi connectivity index (χ4v) is 4.59. The number of aromatic nitrogens is 3. The highest BCUT2D eigenvalue weighted by atomic mass is 16.3. The molecule has 3 aliphatic heterocycles. The van der Waals surface area contributed by atoms with Crippen LogP contribution >= 0.6 is 0 Å². The molecule has 0 saturated carbocycles. The summed E-state index contributed by atoms with van der Waals surface area (Å²) >= 11 is 0. The van der Waals surface area contributed by atoms with E-state index in [1.54, 1.807) is 0 Å². The molecule has 0 radical (unpaired) electrons. The molecule has 0 spiro atoms. The molecule has 4 rings (SSSR count). The number of anilines is 3. The highest BCUT2D eigenvalue weighted by Crippen LogP contribution is 2.25. The van der Waals surface area contributed by atoms with Gasteiger partial charge in [0.15, 0.2) is 0 Å². The van der Waals surface area contributed by atoms with Gasteiger partial charge in [-0.25, -0.2) is 0 Å². The lowest BCUT2D eigenvalue weighted by atomic mass is 10.0. The van der Waals surface area contributed by atoms with Crippen LogP contribution in [0.4, 0.5) is 17.8 Å². The minimum Gasteiger partial charge on any atom is -0.391 e. The van der Waals surface area contributed by atoms with Gasteiger partial charge in [0.1, 0.15) is 0 Å². The summed E-state index contributed by atoms with van der Waals surface area (Å²) in [5.41, 5.74) is 24.8. The van der Waals surface area contributed by atoms with Gasteiger partial charge in [-0.05, 0) is 25.7 Å². The first-order valence-electron chi connectivity index (χ1n) is 10.6.